The molecule has 0 fully saturated rings. The fourth-order valence-corrected chi connectivity index (χ4v) is 3.93. The van der Waals surface area contributed by atoms with Gasteiger partial charge in [-0.05, 0) is 36.8 Å². The zero-order chi connectivity index (χ0) is 20.9. The Bertz CT molecular complexity index is 1090. The molecule has 30 heavy (non-hydrogen) atoms. The van der Waals surface area contributed by atoms with Crippen LogP contribution in [0.25, 0.3) is 0 Å². The van der Waals surface area contributed by atoms with E-state index in [1.807, 2.05) is 19.1 Å². The normalized spacial score (nSPS) is 13.0. The van der Waals surface area contributed by atoms with Crippen LogP contribution in [-0.4, -0.2) is 28.0 Å². The fraction of sp³-hybridized carbons (Fsp3) is 0.286. The Morgan fingerprint density at radius 3 is 2.63 bits per heavy atom. The standard InChI is InChI=1S/C21H21FN4O3S/c1-2-26-20(27)19(23-16-8-9-17-18(12-16)29-11-3-10-28-17)24-25-21(26)30-13-14-4-6-15(22)7-5-14/h4-9,12H,2-3,10-11,13H2,1H3,(H,23,24). The van der Waals surface area contributed by atoms with E-state index in [0.29, 0.717) is 47.9 Å². The maximum Gasteiger partial charge on any atom is 0.297 e. The molecule has 3 aromatic rings. The van der Waals surface area contributed by atoms with Crippen LogP contribution in [0.3, 0.4) is 0 Å². The summed E-state index contributed by atoms with van der Waals surface area (Å²) in [6.07, 6.45) is 0.821. The van der Waals surface area contributed by atoms with Crippen molar-refractivity contribution in [1.82, 2.24) is 14.8 Å². The maximum absolute atomic E-state index is 13.1. The molecule has 0 spiro atoms. The van der Waals surface area contributed by atoms with Gasteiger partial charge in [-0.2, -0.15) is 0 Å². The van der Waals surface area contributed by atoms with Crippen LogP contribution in [0.1, 0.15) is 18.9 Å². The third kappa shape index (κ3) is 4.56. The molecule has 0 unspecified atom stereocenters. The minimum Gasteiger partial charge on any atom is -0.490 e. The van der Waals surface area contributed by atoms with Gasteiger partial charge in [0.2, 0.25) is 5.82 Å². The second kappa shape index (κ2) is 9.17. The third-order valence-corrected chi connectivity index (χ3v) is 5.56. The van der Waals surface area contributed by atoms with Crippen LogP contribution in [-0.2, 0) is 12.3 Å². The lowest BCUT2D eigenvalue weighted by Crippen LogP contribution is -2.26. The summed E-state index contributed by atoms with van der Waals surface area (Å²) in [5.41, 5.74) is 1.34. The van der Waals surface area contributed by atoms with Gasteiger partial charge in [0.25, 0.3) is 5.56 Å². The fourth-order valence-electron chi connectivity index (χ4n) is 2.97. The summed E-state index contributed by atoms with van der Waals surface area (Å²) >= 11 is 1.38. The zero-order valence-electron chi connectivity index (χ0n) is 16.4. The molecule has 0 saturated heterocycles. The average Bonchev–Trinajstić information content (AvgIpc) is 3.00. The highest BCUT2D eigenvalue weighted by Crippen LogP contribution is 2.32. The number of fused-ring (bicyclic) bond motifs is 1. The molecule has 1 N–H and O–H groups in total. The third-order valence-electron chi connectivity index (χ3n) is 4.52. The van der Waals surface area contributed by atoms with Gasteiger partial charge in [0.15, 0.2) is 16.7 Å². The Morgan fingerprint density at radius 1 is 1.10 bits per heavy atom. The van der Waals surface area contributed by atoms with Crippen molar-refractivity contribution >= 4 is 23.3 Å². The van der Waals surface area contributed by atoms with E-state index in [1.165, 1.54) is 23.9 Å². The molecule has 7 nitrogen and oxygen atoms in total. The molecule has 0 radical (unpaired) electrons. The Kier molecular flexibility index (Phi) is 6.18. The molecule has 156 valence electrons. The predicted octanol–water partition coefficient (Wildman–Crippen LogP) is 3.99. The van der Waals surface area contributed by atoms with Crippen LogP contribution < -0.4 is 20.3 Å². The number of thioether (sulfide) groups is 1. The van der Waals surface area contributed by atoms with E-state index in [4.69, 9.17) is 9.47 Å². The molecule has 1 aromatic heterocycles. The van der Waals surface area contributed by atoms with Crippen molar-refractivity contribution in [3.05, 3.63) is 64.2 Å². The van der Waals surface area contributed by atoms with Gasteiger partial charge in [-0.25, -0.2) is 4.39 Å². The number of hydrogen-bond acceptors (Lipinski definition) is 7. The Labute approximate surface area is 177 Å². The molecular formula is C21H21FN4O3S. The maximum atomic E-state index is 13.1. The molecule has 0 bridgehead atoms. The van der Waals surface area contributed by atoms with E-state index >= 15 is 0 Å². The highest BCUT2D eigenvalue weighted by Gasteiger charge is 2.15. The van der Waals surface area contributed by atoms with E-state index in [-0.39, 0.29) is 17.2 Å². The number of nitrogens with zero attached hydrogens (tertiary/aromatic N) is 3. The number of ether oxygens (including phenoxy) is 2. The average molecular weight is 428 g/mol. The first-order chi connectivity index (χ1) is 14.6. The van der Waals surface area contributed by atoms with Gasteiger partial charge >= 0.3 is 0 Å². The van der Waals surface area contributed by atoms with Crippen LogP contribution in [0.5, 0.6) is 11.5 Å². The quantitative estimate of drug-likeness (QED) is 0.595. The van der Waals surface area contributed by atoms with Gasteiger partial charge < -0.3 is 14.8 Å². The van der Waals surface area contributed by atoms with Crippen LogP contribution in [0.2, 0.25) is 0 Å². The monoisotopic (exact) mass is 428 g/mol. The van der Waals surface area contributed by atoms with Crippen LogP contribution in [0.15, 0.2) is 52.4 Å². The largest absolute Gasteiger partial charge is 0.490 e. The van der Waals surface area contributed by atoms with E-state index in [9.17, 15) is 9.18 Å². The second-order valence-corrected chi connectivity index (χ2v) is 7.58. The van der Waals surface area contributed by atoms with Crippen molar-refractivity contribution in [2.45, 2.75) is 30.8 Å². The Balaban J connectivity index is 1.53. The minimum absolute atomic E-state index is 0.137. The van der Waals surface area contributed by atoms with Crippen LogP contribution >= 0.6 is 11.8 Å². The molecule has 2 heterocycles. The molecule has 9 heteroatoms. The number of halogens is 1. The summed E-state index contributed by atoms with van der Waals surface area (Å²) in [7, 11) is 0. The highest BCUT2D eigenvalue weighted by atomic mass is 32.2. The van der Waals surface area contributed by atoms with E-state index in [2.05, 4.69) is 15.5 Å². The van der Waals surface area contributed by atoms with Crippen molar-refractivity contribution in [2.75, 3.05) is 18.5 Å². The van der Waals surface area contributed by atoms with Crippen LogP contribution in [0.4, 0.5) is 15.9 Å². The minimum atomic E-state index is -0.279. The van der Waals surface area contributed by atoms with E-state index in [0.717, 1.165) is 12.0 Å². The lowest BCUT2D eigenvalue weighted by Gasteiger charge is -2.13. The van der Waals surface area contributed by atoms with Crippen molar-refractivity contribution < 1.29 is 13.9 Å². The molecule has 0 saturated carbocycles. The lowest BCUT2D eigenvalue weighted by molar-refractivity contribution is 0.297. The van der Waals surface area contributed by atoms with E-state index in [1.54, 1.807) is 22.8 Å². The van der Waals surface area contributed by atoms with Crippen molar-refractivity contribution in [3.8, 4) is 11.5 Å². The molecule has 2 aromatic carbocycles. The van der Waals surface area contributed by atoms with Gasteiger partial charge in [0, 0.05) is 30.5 Å². The number of rotatable bonds is 6. The Morgan fingerprint density at radius 2 is 1.87 bits per heavy atom. The molecular weight excluding hydrogens is 407 g/mol. The summed E-state index contributed by atoms with van der Waals surface area (Å²) < 4.78 is 25.9. The summed E-state index contributed by atoms with van der Waals surface area (Å²) in [6, 6.07) is 11.7. The van der Waals surface area contributed by atoms with Gasteiger partial charge in [0.1, 0.15) is 5.82 Å². The smallest absolute Gasteiger partial charge is 0.297 e. The number of anilines is 2. The first-order valence-electron chi connectivity index (χ1n) is 9.65. The van der Waals surface area contributed by atoms with Crippen molar-refractivity contribution in [3.63, 3.8) is 0 Å². The summed E-state index contributed by atoms with van der Waals surface area (Å²) in [4.78, 5) is 12.9. The SMILES string of the molecule is CCn1c(SCc2ccc(F)cc2)nnc(Nc2ccc3c(c2)OCCCO3)c1=O. The molecule has 1 aliphatic heterocycles. The number of aromatic nitrogens is 3. The highest BCUT2D eigenvalue weighted by molar-refractivity contribution is 7.98. The molecule has 0 amide bonds. The number of hydrogen-bond donors (Lipinski definition) is 1. The van der Waals surface area contributed by atoms with Crippen LogP contribution in [0, 0.1) is 5.82 Å². The van der Waals surface area contributed by atoms with Gasteiger partial charge in [0.05, 0.1) is 13.2 Å². The van der Waals surface area contributed by atoms with Crippen molar-refractivity contribution in [1.29, 1.82) is 0 Å². The topological polar surface area (TPSA) is 78.3 Å². The van der Waals surface area contributed by atoms with Gasteiger partial charge in [-0.15, -0.1) is 10.2 Å². The van der Waals surface area contributed by atoms with Crippen molar-refractivity contribution in [2.24, 2.45) is 0 Å². The summed E-state index contributed by atoms with van der Waals surface area (Å²) in [5, 5.41) is 11.9. The number of nitrogens with one attached hydrogen (secondary N) is 1. The molecule has 4 rings (SSSR count). The zero-order valence-corrected chi connectivity index (χ0v) is 17.2. The molecule has 0 aliphatic carbocycles. The predicted molar refractivity (Wildman–Crippen MR) is 113 cm³/mol. The number of benzene rings is 2. The second-order valence-electron chi connectivity index (χ2n) is 6.63. The summed E-state index contributed by atoms with van der Waals surface area (Å²) in [5.74, 6) is 1.73. The molecule has 0 atom stereocenters. The summed E-state index contributed by atoms with van der Waals surface area (Å²) in [6.45, 7) is 3.53. The van der Waals surface area contributed by atoms with Gasteiger partial charge in [-0.1, -0.05) is 23.9 Å². The molecule has 1 aliphatic rings. The Hall–Kier alpha value is -3.07. The first kappa shape index (κ1) is 20.2. The van der Waals surface area contributed by atoms with E-state index < -0.39 is 0 Å². The first-order valence-corrected chi connectivity index (χ1v) is 10.6. The van der Waals surface area contributed by atoms with Gasteiger partial charge in [-0.3, -0.25) is 9.36 Å². The lowest BCUT2D eigenvalue weighted by atomic mass is 10.2.